The first kappa shape index (κ1) is 14.8. The number of nitrogens with one attached hydrogen (secondary N) is 1. The molecular formula is C16H18N4O. The summed E-state index contributed by atoms with van der Waals surface area (Å²) in [6.45, 7) is 4.86. The van der Waals surface area contributed by atoms with Gasteiger partial charge in [-0.15, -0.1) is 0 Å². The van der Waals surface area contributed by atoms with E-state index in [9.17, 15) is 0 Å². The van der Waals surface area contributed by atoms with E-state index < -0.39 is 0 Å². The molecule has 1 heterocycles. The van der Waals surface area contributed by atoms with Crippen LogP contribution in [-0.4, -0.2) is 16.5 Å². The average molecular weight is 282 g/mol. The van der Waals surface area contributed by atoms with Gasteiger partial charge in [0.2, 0.25) is 5.88 Å². The lowest BCUT2D eigenvalue weighted by atomic mass is 10.2. The number of hydrogen-bond acceptors (Lipinski definition) is 5. The number of aryl methyl sites for hydroxylation is 1. The fourth-order valence-corrected chi connectivity index (χ4v) is 1.89. The smallest absolute Gasteiger partial charge is 0.224 e. The van der Waals surface area contributed by atoms with Crippen molar-refractivity contribution in [3.05, 3.63) is 41.7 Å². The van der Waals surface area contributed by atoms with Crippen LogP contribution in [0.25, 0.3) is 0 Å². The zero-order chi connectivity index (χ0) is 15.1. The minimum absolute atomic E-state index is 0.451. The molecule has 1 aromatic carbocycles. The maximum absolute atomic E-state index is 9.10. The van der Waals surface area contributed by atoms with Gasteiger partial charge in [0.05, 0.1) is 5.56 Å². The van der Waals surface area contributed by atoms with Crippen molar-refractivity contribution in [3.63, 3.8) is 0 Å². The summed E-state index contributed by atoms with van der Waals surface area (Å²) < 4.78 is 5.76. The van der Waals surface area contributed by atoms with Gasteiger partial charge in [0.1, 0.15) is 23.5 Å². The zero-order valence-electron chi connectivity index (χ0n) is 12.3. The number of anilines is 1. The molecule has 0 aliphatic heterocycles. The number of ether oxygens (including phenoxy) is 1. The second-order valence-corrected chi connectivity index (χ2v) is 4.50. The minimum atomic E-state index is 0.451. The maximum Gasteiger partial charge on any atom is 0.224 e. The number of aromatic nitrogens is 2. The largest absolute Gasteiger partial charge is 0.437 e. The highest BCUT2D eigenvalue weighted by Crippen LogP contribution is 2.25. The molecule has 0 bridgehead atoms. The maximum atomic E-state index is 9.10. The molecule has 1 N–H and O–H groups in total. The summed E-state index contributed by atoms with van der Waals surface area (Å²) in [4.78, 5) is 8.82. The third-order valence-electron chi connectivity index (χ3n) is 2.80. The Balaban J connectivity index is 2.32. The highest BCUT2D eigenvalue weighted by molar-refractivity contribution is 5.46. The Bertz CT molecular complexity index is 625. The number of rotatable bonds is 6. The lowest BCUT2D eigenvalue weighted by Gasteiger charge is -2.10. The van der Waals surface area contributed by atoms with E-state index in [1.54, 1.807) is 24.3 Å². The van der Waals surface area contributed by atoms with Crippen molar-refractivity contribution in [2.24, 2.45) is 0 Å². The number of nitrogens with zero attached hydrogens (tertiary/aromatic N) is 3. The summed E-state index contributed by atoms with van der Waals surface area (Å²) in [6.07, 6.45) is 1.75. The van der Waals surface area contributed by atoms with Crippen LogP contribution in [0.15, 0.2) is 30.3 Å². The van der Waals surface area contributed by atoms with E-state index in [4.69, 9.17) is 10.00 Å². The summed E-state index contributed by atoms with van der Waals surface area (Å²) >= 11 is 0. The van der Waals surface area contributed by atoms with Gasteiger partial charge in [-0.3, -0.25) is 0 Å². The second kappa shape index (κ2) is 7.25. The molecule has 108 valence electrons. The van der Waals surface area contributed by atoms with Crippen LogP contribution in [0.5, 0.6) is 11.6 Å². The van der Waals surface area contributed by atoms with E-state index in [1.165, 1.54) is 0 Å². The van der Waals surface area contributed by atoms with Crippen LogP contribution >= 0.6 is 0 Å². The third-order valence-corrected chi connectivity index (χ3v) is 2.80. The lowest BCUT2D eigenvalue weighted by molar-refractivity contribution is 0.457. The molecule has 0 fully saturated rings. The van der Waals surface area contributed by atoms with Gasteiger partial charge in [-0.25, -0.2) is 4.98 Å². The van der Waals surface area contributed by atoms with Crippen molar-refractivity contribution >= 4 is 5.82 Å². The second-order valence-electron chi connectivity index (χ2n) is 4.50. The number of para-hydroxylation sites is 1. The van der Waals surface area contributed by atoms with Gasteiger partial charge in [0.15, 0.2) is 0 Å². The third kappa shape index (κ3) is 3.93. The fraction of sp³-hybridized carbons (Fsp3) is 0.312. The van der Waals surface area contributed by atoms with Crippen molar-refractivity contribution in [2.75, 3.05) is 11.9 Å². The van der Waals surface area contributed by atoms with Crippen molar-refractivity contribution in [1.29, 1.82) is 5.26 Å². The highest BCUT2D eigenvalue weighted by Gasteiger charge is 2.08. The Labute approximate surface area is 124 Å². The highest BCUT2D eigenvalue weighted by atomic mass is 16.5. The Morgan fingerprint density at radius 1 is 1.24 bits per heavy atom. The SMILES string of the molecule is CCCc1nc(NCC)cc(Oc2ccccc2C#N)n1. The van der Waals surface area contributed by atoms with Gasteiger partial charge in [-0.2, -0.15) is 10.2 Å². The quantitative estimate of drug-likeness (QED) is 0.877. The topological polar surface area (TPSA) is 70.8 Å². The van der Waals surface area contributed by atoms with Crippen LogP contribution in [0.3, 0.4) is 0 Å². The molecule has 0 aliphatic carbocycles. The van der Waals surface area contributed by atoms with E-state index in [-0.39, 0.29) is 0 Å². The summed E-state index contributed by atoms with van der Waals surface area (Å²) in [5, 5.41) is 12.3. The van der Waals surface area contributed by atoms with Crippen LogP contribution < -0.4 is 10.1 Å². The number of benzene rings is 1. The van der Waals surface area contributed by atoms with Gasteiger partial charge < -0.3 is 10.1 Å². The minimum Gasteiger partial charge on any atom is -0.437 e. The lowest BCUT2D eigenvalue weighted by Crippen LogP contribution is -2.05. The Morgan fingerprint density at radius 2 is 2.05 bits per heavy atom. The van der Waals surface area contributed by atoms with E-state index in [1.807, 2.05) is 13.0 Å². The normalized spacial score (nSPS) is 9.95. The molecule has 0 unspecified atom stereocenters. The molecule has 1 aromatic heterocycles. The molecule has 0 spiro atoms. The molecule has 2 aromatic rings. The van der Waals surface area contributed by atoms with Gasteiger partial charge in [-0.1, -0.05) is 19.1 Å². The van der Waals surface area contributed by atoms with Crippen LogP contribution in [0.1, 0.15) is 31.7 Å². The van der Waals surface area contributed by atoms with E-state index in [0.29, 0.717) is 17.2 Å². The molecule has 0 atom stereocenters. The monoisotopic (exact) mass is 282 g/mol. The summed E-state index contributed by atoms with van der Waals surface area (Å²) in [5.74, 6) is 2.43. The van der Waals surface area contributed by atoms with Gasteiger partial charge >= 0.3 is 0 Å². The first-order valence-corrected chi connectivity index (χ1v) is 7.05. The molecule has 0 saturated heterocycles. The summed E-state index contributed by atoms with van der Waals surface area (Å²) in [7, 11) is 0. The van der Waals surface area contributed by atoms with E-state index in [2.05, 4.69) is 28.3 Å². The number of nitriles is 1. The summed E-state index contributed by atoms with van der Waals surface area (Å²) in [6, 6.07) is 11.0. The van der Waals surface area contributed by atoms with E-state index >= 15 is 0 Å². The molecule has 2 rings (SSSR count). The van der Waals surface area contributed by atoms with Crippen LogP contribution in [0, 0.1) is 11.3 Å². The van der Waals surface area contributed by atoms with Crippen LogP contribution in [0.2, 0.25) is 0 Å². The van der Waals surface area contributed by atoms with Crippen molar-refractivity contribution in [2.45, 2.75) is 26.7 Å². The number of hydrogen-bond donors (Lipinski definition) is 1. The standard InChI is InChI=1S/C16H18N4O/c1-3-7-14-19-15(18-4-2)10-16(20-14)21-13-9-6-5-8-12(13)11-17/h5-6,8-10H,3-4,7H2,1-2H3,(H,18,19,20). The Kier molecular flexibility index (Phi) is 5.10. The molecule has 5 nitrogen and oxygen atoms in total. The molecule has 5 heteroatoms. The van der Waals surface area contributed by atoms with E-state index in [0.717, 1.165) is 31.0 Å². The first-order chi connectivity index (χ1) is 10.3. The zero-order valence-corrected chi connectivity index (χ0v) is 12.3. The Morgan fingerprint density at radius 3 is 2.76 bits per heavy atom. The van der Waals surface area contributed by atoms with Crippen LogP contribution in [-0.2, 0) is 6.42 Å². The van der Waals surface area contributed by atoms with Crippen molar-refractivity contribution < 1.29 is 4.74 Å². The van der Waals surface area contributed by atoms with Gasteiger partial charge in [0, 0.05) is 19.0 Å². The first-order valence-electron chi connectivity index (χ1n) is 7.05. The van der Waals surface area contributed by atoms with Gasteiger partial charge in [-0.05, 0) is 25.5 Å². The predicted octanol–water partition coefficient (Wildman–Crippen LogP) is 3.52. The molecular weight excluding hydrogens is 264 g/mol. The van der Waals surface area contributed by atoms with Gasteiger partial charge in [0.25, 0.3) is 0 Å². The molecule has 0 saturated carbocycles. The average Bonchev–Trinajstić information content (AvgIpc) is 2.48. The van der Waals surface area contributed by atoms with Crippen molar-refractivity contribution in [1.82, 2.24) is 9.97 Å². The summed E-state index contributed by atoms with van der Waals surface area (Å²) in [5.41, 5.74) is 0.484. The Hall–Kier alpha value is -2.61. The van der Waals surface area contributed by atoms with Crippen LogP contribution in [0.4, 0.5) is 5.82 Å². The van der Waals surface area contributed by atoms with Crippen molar-refractivity contribution in [3.8, 4) is 17.7 Å². The fourth-order valence-electron chi connectivity index (χ4n) is 1.89. The predicted molar refractivity (Wildman–Crippen MR) is 81.4 cm³/mol. The molecule has 0 radical (unpaired) electrons. The molecule has 21 heavy (non-hydrogen) atoms. The molecule has 0 aliphatic rings. The molecule has 0 amide bonds.